The summed E-state index contributed by atoms with van der Waals surface area (Å²) in [5.41, 5.74) is 1.51. The van der Waals surface area contributed by atoms with E-state index in [1.54, 1.807) is 31.3 Å². The Morgan fingerprint density at radius 2 is 2.00 bits per heavy atom. The molecule has 0 atom stereocenters. The van der Waals surface area contributed by atoms with Crippen LogP contribution in [0.1, 0.15) is 15.9 Å². The van der Waals surface area contributed by atoms with Crippen LogP contribution in [0.2, 0.25) is 0 Å². The fourth-order valence-corrected chi connectivity index (χ4v) is 2.24. The van der Waals surface area contributed by atoms with Gasteiger partial charge in [0.05, 0.1) is 28.4 Å². The molecule has 3 rings (SSSR count). The van der Waals surface area contributed by atoms with Crippen LogP contribution in [0.4, 0.5) is 0 Å². The Morgan fingerprint density at radius 3 is 2.59 bits per heavy atom. The van der Waals surface area contributed by atoms with Crippen molar-refractivity contribution >= 4 is 17.1 Å². The second-order valence-electron chi connectivity index (χ2n) is 4.71. The summed E-state index contributed by atoms with van der Waals surface area (Å²) < 4.78 is 2.72. The molecule has 1 aromatic carbocycles. The minimum atomic E-state index is -1.10. The number of fused-ring (bicyclic) bond motifs is 1. The molecular formula is C15H10N4O3. The van der Waals surface area contributed by atoms with Crippen LogP contribution in [0, 0.1) is 11.3 Å². The maximum Gasteiger partial charge on any atom is 0.337 e. The van der Waals surface area contributed by atoms with Gasteiger partial charge in [-0.1, -0.05) is 0 Å². The lowest BCUT2D eigenvalue weighted by Gasteiger charge is -2.02. The van der Waals surface area contributed by atoms with Crippen molar-refractivity contribution in [2.24, 2.45) is 7.05 Å². The molecule has 22 heavy (non-hydrogen) atoms. The summed E-state index contributed by atoms with van der Waals surface area (Å²) in [6.07, 6.45) is 1.21. The van der Waals surface area contributed by atoms with E-state index in [0.717, 1.165) is 0 Å². The van der Waals surface area contributed by atoms with Crippen LogP contribution in [0.25, 0.3) is 16.9 Å². The normalized spacial score (nSPS) is 10.5. The number of imidazole rings is 1. The molecule has 0 amide bonds. The SMILES string of the molecule is Cn1c(=O)n(-c2ccc(C#N)cc2)c2ncc(C(=O)O)cc21. The quantitative estimate of drug-likeness (QED) is 0.767. The molecule has 3 aromatic rings. The third-order valence-corrected chi connectivity index (χ3v) is 3.40. The molecule has 0 unspecified atom stereocenters. The number of nitrogens with zero attached hydrogens (tertiary/aromatic N) is 4. The summed E-state index contributed by atoms with van der Waals surface area (Å²) in [6.45, 7) is 0. The van der Waals surface area contributed by atoms with Crippen molar-refractivity contribution in [1.82, 2.24) is 14.1 Å². The zero-order valence-electron chi connectivity index (χ0n) is 11.5. The van der Waals surface area contributed by atoms with Gasteiger partial charge in [0.1, 0.15) is 0 Å². The molecule has 1 N–H and O–H groups in total. The summed E-state index contributed by atoms with van der Waals surface area (Å²) in [6, 6.07) is 9.91. The number of benzene rings is 1. The summed E-state index contributed by atoms with van der Waals surface area (Å²) in [4.78, 5) is 27.5. The molecule has 0 saturated heterocycles. The number of carbonyl (C=O) groups is 1. The first-order valence-corrected chi connectivity index (χ1v) is 6.34. The number of hydrogen-bond donors (Lipinski definition) is 1. The molecule has 0 saturated carbocycles. The number of aromatic nitrogens is 3. The lowest BCUT2D eigenvalue weighted by Crippen LogP contribution is -2.20. The third kappa shape index (κ3) is 1.94. The van der Waals surface area contributed by atoms with E-state index >= 15 is 0 Å². The lowest BCUT2D eigenvalue weighted by molar-refractivity contribution is 0.0696. The third-order valence-electron chi connectivity index (χ3n) is 3.40. The summed E-state index contributed by atoms with van der Waals surface area (Å²) in [5.74, 6) is -1.10. The van der Waals surface area contributed by atoms with E-state index in [4.69, 9.17) is 10.4 Å². The highest BCUT2D eigenvalue weighted by molar-refractivity contribution is 5.91. The minimum Gasteiger partial charge on any atom is -0.478 e. The minimum absolute atomic E-state index is 0.0140. The van der Waals surface area contributed by atoms with Crippen molar-refractivity contribution in [2.45, 2.75) is 0 Å². The standard InChI is InChI=1S/C15H10N4O3/c1-18-12-6-10(14(20)21)8-17-13(12)19(15(18)22)11-4-2-9(7-16)3-5-11/h2-6,8H,1H3,(H,20,21). The van der Waals surface area contributed by atoms with Crippen LogP contribution in [0.3, 0.4) is 0 Å². The number of carboxylic acids is 1. The van der Waals surface area contributed by atoms with Crippen LogP contribution in [0.15, 0.2) is 41.3 Å². The smallest absolute Gasteiger partial charge is 0.337 e. The second-order valence-corrected chi connectivity index (χ2v) is 4.71. The molecule has 7 nitrogen and oxygen atoms in total. The van der Waals surface area contributed by atoms with E-state index in [1.807, 2.05) is 6.07 Å². The Bertz CT molecular complexity index is 991. The Labute approximate surface area is 124 Å². The average Bonchev–Trinajstić information content (AvgIpc) is 2.78. The van der Waals surface area contributed by atoms with E-state index in [9.17, 15) is 9.59 Å². The summed E-state index contributed by atoms with van der Waals surface area (Å²) >= 11 is 0. The monoisotopic (exact) mass is 294 g/mol. The van der Waals surface area contributed by atoms with Gasteiger partial charge in [0.25, 0.3) is 0 Å². The van der Waals surface area contributed by atoms with Crippen LogP contribution < -0.4 is 5.69 Å². The van der Waals surface area contributed by atoms with E-state index in [2.05, 4.69) is 4.98 Å². The van der Waals surface area contributed by atoms with Crippen LogP contribution in [-0.2, 0) is 7.05 Å². The Kier molecular flexibility index (Phi) is 3.00. The molecule has 2 aromatic heterocycles. The van der Waals surface area contributed by atoms with Gasteiger partial charge >= 0.3 is 11.7 Å². The maximum absolute atomic E-state index is 12.4. The molecule has 0 spiro atoms. The Hall–Kier alpha value is -3.40. The Balaban J connectivity index is 2.30. The van der Waals surface area contributed by atoms with Crippen molar-refractivity contribution in [1.29, 1.82) is 5.26 Å². The van der Waals surface area contributed by atoms with Gasteiger partial charge in [-0.2, -0.15) is 5.26 Å². The highest BCUT2D eigenvalue weighted by Gasteiger charge is 2.15. The highest BCUT2D eigenvalue weighted by atomic mass is 16.4. The van der Waals surface area contributed by atoms with Crippen molar-refractivity contribution in [3.63, 3.8) is 0 Å². The number of aromatic carboxylic acids is 1. The maximum atomic E-state index is 12.4. The molecule has 0 aliphatic carbocycles. The molecule has 2 heterocycles. The van der Waals surface area contributed by atoms with E-state index in [0.29, 0.717) is 22.4 Å². The van der Waals surface area contributed by atoms with Crippen molar-refractivity contribution < 1.29 is 9.90 Å². The number of hydrogen-bond acceptors (Lipinski definition) is 4. The van der Waals surface area contributed by atoms with Crippen LogP contribution in [-0.4, -0.2) is 25.2 Å². The van der Waals surface area contributed by atoms with Crippen molar-refractivity contribution in [2.75, 3.05) is 0 Å². The fourth-order valence-electron chi connectivity index (χ4n) is 2.24. The van der Waals surface area contributed by atoms with Gasteiger partial charge in [-0.15, -0.1) is 0 Å². The number of rotatable bonds is 2. The van der Waals surface area contributed by atoms with E-state index in [1.165, 1.54) is 21.4 Å². The van der Waals surface area contributed by atoms with Gasteiger partial charge in [0, 0.05) is 13.2 Å². The molecule has 108 valence electrons. The van der Waals surface area contributed by atoms with Gasteiger partial charge in [0.2, 0.25) is 0 Å². The largest absolute Gasteiger partial charge is 0.478 e. The first-order valence-electron chi connectivity index (χ1n) is 6.34. The number of pyridine rings is 1. The van der Waals surface area contributed by atoms with Gasteiger partial charge in [-0.05, 0) is 30.3 Å². The van der Waals surface area contributed by atoms with Crippen LogP contribution >= 0.6 is 0 Å². The van der Waals surface area contributed by atoms with E-state index in [-0.39, 0.29) is 11.3 Å². The number of aryl methyl sites for hydroxylation is 1. The fraction of sp³-hybridized carbons (Fsp3) is 0.0667. The lowest BCUT2D eigenvalue weighted by atomic mass is 10.2. The zero-order chi connectivity index (χ0) is 15.9. The van der Waals surface area contributed by atoms with E-state index < -0.39 is 5.97 Å². The second kappa shape index (κ2) is 4.86. The molecule has 0 aliphatic rings. The molecule has 0 bridgehead atoms. The highest BCUT2D eigenvalue weighted by Crippen LogP contribution is 2.17. The summed E-state index contributed by atoms with van der Waals surface area (Å²) in [5, 5.41) is 17.8. The van der Waals surface area contributed by atoms with Crippen LogP contribution in [0.5, 0.6) is 0 Å². The average molecular weight is 294 g/mol. The predicted octanol–water partition coefficient (Wildman–Crippen LogP) is 1.29. The molecule has 0 fully saturated rings. The topological polar surface area (TPSA) is 101 Å². The molecule has 0 radical (unpaired) electrons. The molecule has 0 aliphatic heterocycles. The molecule has 7 heteroatoms. The zero-order valence-corrected chi connectivity index (χ0v) is 11.5. The first-order chi connectivity index (χ1) is 10.5. The number of carboxylic acid groups (broad SMARTS) is 1. The van der Waals surface area contributed by atoms with Gasteiger partial charge in [-0.25, -0.2) is 19.1 Å². The predicted molar refractivity (Wildman–Crippen MR) is 78.0 cm³/mol. The molecular weight excluding hydrogens is 284 g/mol. The van der Waals surface area contributed by atoms with Gasteiger partial charge in [0.15, 0.2) is 5.65 Å². The van der Waals surface area contributed by atoms with Gasteiger partial charge in [-0.3, -0.25) is 4.57 Å². The first kappa shape index (κ1) is 13.6. The number of nitriles is 1. The van der Waals surface area contributed by atoms with Crippen molar-refractivity contribution in [3.8, 4) is 11.8 Å². The van der Waals surface area contributed by atoms with Crippen molar-refractivity contribution in [3.05, 3.63) is 58.1 Å². The summed E-state index contributed by atoms with van der Waals surface area (Å²) in [7, 11) is 1.55. The van der Waals surface area contributed by atoms with Gasteiger partial charge < -0.3 is 5.11 Å². The Morgan fingerprint density at radius 1 is 1.32 bits per heavy atom.